The number of carbonyl (C=O) groups is 1. The first-order valence-electron chi connectivity index (χ1n) is 4.82. The fraction of sp³-hybridized carbons (Fsp3) is 0. The molecule has 0 saturated heterocycles. The van der Waals surface area contributed by atoms with Crippen molar-refractivity contribution >= 4 is 39.1 Å². The average Bonchev–Trinajstić information content (AvgIpc) is 2.72. The Balaban J connectivity index is 2.14. The molecular weight excluding hydrogens is 302 g/mol. The van der Waals surface area contributed by atoms with E-state index in [0.29, 0.717) is 10.3 Å². The lowest BCUT2D eigenvalue weighted by molar-refractivity contribution is -0.605. The van der Waals surface area contributed by atoms with Crippen LogP contribution in [0.15, 0.2) is 46.5 Å². The lowest BCUT2D eigenvalue weighted by atomic mass is 10.2. The molecule has 2 rings (SSSR count). The van der Waals surface area contributed by atoms with Gasteiger partial charge in [0.05, 0.1) is 9.35 Å². The molecule has 0 saturated carbocycles. The Kier molecular flexibility index (Phi) is 3.71. The first-order chi connectivity index (χ1) is 8.15. The van der Waals surface area contributed by atoms with E-state index in [9.17, 15) is 10.0 Å². The zero-order valence-corrected chi connectivity index (χ0v) is 11.1. The smallest absolute Gasteiger partial charge is 0.191 e. The third-order valence-electron chi connectivity index (χ3n) is 2.05. The highest BCUT2D eigenvalue weighted by atomic mass is 79.9. The van der Waals surface area contributed by atoms with Crippen LogP contribution in [0.1, 0.15) is 15.2 Å². The Bertz CT molecular complexity index is 577. The number of pyridine rings is 1. The van der Waals surface area contributed by atoms with Crippen LogP contribution in [-0.2, 0) is 0 Å². The van der Waals surface area contributed by atoms with E-state index in [4.69, 9.17) is 0 Å². The number of hydrogen-bond donors (Lipinski definition) is 0. The molecule has 0 radical (unpaired) electrons. The lowest BCUT2D eigenvalue weighted by Crippen LogP contribution is -2.25. The molecule has 0 bridgehead atoms. The number of ketones is 1. The Morgan fingerprint density at radius 1 is 1.41 bits per heavy atom. The molecule has 5 heteroatoms. The minimum Gasteiger partial charge on any atom is -0.619 e. The maximum Gasteiger partial charge on any atom is 0.191 e. The normalized spacial score (nSPS) is 10.9. The number of nitrogens with zero attached hydrogens (tertiary/aromatic N) is 1. The van der Waals surface area contributed by atoms with E-state index in [2.05, 4.69) is 15.9 Å². The SMILES string of the molecule is O=C(/C=C\c1ccc(Br)s1)c1ccc[n+]([O-])c1. The summed E-state index contributed by atoms with van der Waals surface area (Å²) in [5.41, 5.74) is 0.384. The maximum atomic E-state index is 11.7. The van der Waals surface area contributed by atoms with Gasteiger partial charge in [-0.3, -0.25) is 4.79 Å². The summed E-state index contributed by atoms with van der Waals surface area (Å²) in [6.45, 7) is 0. The third kappa shape index (κ3) is 3.25. The maximum absolute atomic E-state index is 11.7. The Morgan fingerprint density at radius 3 is 2.88 bits per heavy atom. The summed E-state index contributed by atoms with van der Waals surface area (Å²) in [4.78, 5) is 12.7. The number of hydrogen-bond acceptors (Lipinski definition) is 3. The summed E-state index contributed by atoms with van der Waals surface area (Å²) < 4.78 is 1.63. The van der Waals surface area contributed by atoms with Crippen LogP contribution >= 0.6 is 27.3 Å². The van der Waals surface area contributed by atoms with Gasteiger partial charge in [-0.25, -0.2) is 0 Å². The number of halogens is 1. The van der Waals surface area contributed by atoms with Gasteiger partial charge < -0.3 is 5.21 Å². The molecular formula is C12H8BrNO2S. The van der Waals surface area contributed by atoms with Crippen molar-refractivity contribution in [3.63, 3.8) is 0 Å². The van der Waals surface area contributed by atoms with Crippen molar-refractivity contribution in [2.45, 2.75) is 0 Å². The second kappa shape index (κ2) is 5.25. The summed E-state index contributed by atoms with van der Waals surface area (Å²) in [6, 6.07) is 7.00. The van der Waals surface area contributed by atoms with Crippen LogP contribution in [-0.4, -0.2) is 5.78 Å². The monoisotopic (exact) mass is 309 g/mol. The minimum atomic E-state index is -0.181. The van der Waals surface area contributed by atoms with Crippen molar-refractivity contribution in [1.29, 1.82) is 0 Å². The fourth-order valence-electron chi connectivity index (χ4n) is 1.27. The molecule has 86 valence electrons. The van der Waals surface area contributed by atoms with Crippen LogP contribution in [0.2, 0.25) is 0 Å². The fourth-order valence-corrected chi connectivity index (χ4v) is 2.60. The largest absolute Gasteiger partial charge is 0.619 e. The Morgan fingerprint density at radius 2 is 2.24 bits per heavy atom. The molecule has 0 aliphatic rings. The summed E-state index contributed by atoms with van der Waals surface area (Å²) in [7, 11) is 0. The van der Waals surface area contributed by atoms with E-state index in [1.165, 1.54) is 29.8 Å². The number of thiophene rings is 1. The first-order valence-corrected chi connectivity index (χ1v) is 6.43. The molecule has 0 atom stereocenters. The average molecular weight is 310 g/mol. The second-order valence-corrected chi connectivity index (χ2v) is 5.79. The molecule has 0 aliphatic carbocycles. The van der Waals surface area contributed by atoms with E-state index in [1.807, 2.05) is 12.1 Å². The lowest BCUT2D eigenvalue weighted by Gasteiger charge is -1.96. The zero-order valence-electron chi connectivity index (χ0n) is 8.67. The Hall–Kier alpha value is -1.46. The van der Waals surface area contributed by atoms with Crippen LogP contribution in [0, 0.1) is 5.21 Å². The number of allylic oxidation sites excluding steroid dienone is 1. The summed E-state index contributed by atoms with van der Waals surface area (Å²) >= 11 is 4.89. The molecule has 17 heavy (non-hydrogen) atoms. The molecule has 0 aromatic carbocycles. The van der Waals surface area contributed by atoms with Crippen LogP contribution in [0.4, 0.5) is 0 Å². The van der Waals surface area contributed by atoms with Gasteiger partial charge in [-0.15, -0.1) is 11.3 Å². The van der Waals surface area contributed by atoms with Crippen LogP contribution in [0.3, 0.4) is 0 Å². The van der Waals surface area contributed by atoms with Crippen LogP contribution in [0.5, 0.6) is 0 Å². The van der Waals surface area contributed by atoms with Gasteiger partial charge >= 0.3 is 0 Å². The molecule has 2 aromatic heterocycles. The van der Waals surface area contributed by atoms with Gasteiger partial charge in [-0.05, 0) is 46.3 Å². The first kappa shape index (κ1) is 12.0. The molecule has 0 spiro atoms. The van der Waals surface area contributed by atoms with E-state index in [1.54, 1.807) is 18.2 Å². The van der Waals surface area contributed by atoms with Crippen molar-refractivity contribution in [2.24, 2.45) is 0 Å². The van der Waals surface area contributed by atoms with Gasteiger partial charge in [0, 0.05) is 10.9 Å². The highest BCUT2D eigenvalue weighted by Crippen LogP contribution is 2.23. The van der Waals surface area contributed by atoms with E-state index < -0.39 is 0 Å². The van der Waals surface area contributed by atoms with Crippen molar-refractivity contribution in [3.8, 4) is 0 Å². The molecule has 3 nitrogen and oxygen atoms in total. The minimum absolute atomic E-state index is 0.181. The molecule has 2 heterocycles. The van der Waals surface area contributed by atoms with E-state index in [0.717, 1.165) is 8.66 Å². The quantitative estimate of drug-likeness (QED) is 0.378. The Labute approximate surface area is 111 Å². The highest BCUT2D eigenvalue weighted by molar-refractivity contribution is 9.11. The predicted molar refractivity (Wildman–Crippen MR) is 70.8 cm³/mol. The molecule has 0 amide bonds. The standard InChI is InChI=1S/C12H8BrNO2S/c13-12-6-4-10(17-12)3-5-11(15)9-2-1-7-14(16)8-9/h1-8H/b5-3-. The van der Waals surface area contributed by atoms with Crippen molar-refractivity contribution in [1.82, 2.24) is 0 Å². The summed E-state index contributed by atoms with van der Waals surface area (Å²) in [5, 5.41) is 11.0. The van der Waals surface area contributed by atoms with Gasteiger partial charge in [-0.1, -0.05) is 0 Å². The van der Waals surface area contributed by atoms with E-state index >= 15 is 0 Å². The second-order valence-electron chi connectivity index (χ2n) is 3.29. The van der Waals surface area contributed by atoms with Gasteiger partial charge in [0.1, 0.15) is 0 Å². The van der Waals surface area contributed by atoms with Gasteiger partial charge in [0.25, 0.3) is 0 Å². The highest BCUT2D eigenvalue weighted by Gasteiger charge is 2.04. The number of rotatable bonds is 3. The van der Waals surface area contributed by atoms with Crippen molar-refractivity contribution in [2.75, 3.05) is 0 Å². The summed E-state index contributed by atoms with van der Waals surface area (Å²) in [6.07, 6.45) is 5.81. The summed E-state index contributed by atoms with van der Waals surface area (Å²) in [5.74, 6) is -0.181. The van der Waals surface area contributed by atoms with Crippen molar-refractivity contribution < 1.29 is 9.52 Å². The number of carbonyl (C=O) groups excluding carboxylic acids is 1. The predicted octanol–water partition coefficient (Wildman–Crippen LogP) is 3.04. The molecule has 0 fully saturated rings. The zero-order chi connectivity index (χ0) is 12.3. The molecule has 0 unspecified atom stereocenters. The van der Waals surface area contributed by atoms with Crippen molar-refractivity contribution in [3.05, 3.63) is 62.2 Å². The van der Waals surface area contributed by atoms with Gasteiger partial charge in [0.2, 0.25) is 0 Å². The van der Waals surface area contributed by atoms with Crippen LogP contribution < -0.4 is 4.73 Å². The number of aromatic nitrogens is 1. The van der Waals surface area contributed by atoms with E-state index in [-0.39, 0.29) is 5.78 Å². The van der Waals surface area contributed by atoms with Gasteiger partial charge in [-0.2, -0.15) is 4.73 Å². The molecule has 0 aliphatic heterocycles. The van der Waals surface area contributed by atoms with Crippen LogP contribution in [0.25, 0.3) is 6.08 Å². The third-order valence-corrected chi connectivity index (χ3v) is 3.64. The topological polar surface area (TPSA) is 44.0 Å². The molecule has 2 aromatic rings. The van der Waals surface area contributed by atoms with Gasteiger partial charge in [0.15, 0.2) is 18.2 Å². The molecule has 0 N–H and O–H groups in total.